The van der Waals surface area contributed by atoms with Crippen molar-refractivity contribution in [3.05, 3.63) is 30.3 Å². The van der Waals surface area contributed by atoms with Gasteiger partial charge in [0.2, 0.25) is 17.5 Å². The van der Waals surface area contributed by atoms with E-state index < -0.39 is 0 Å². The smallest absolute Gasteiger partial charge is 0.240 e. The topological polar surface area (TPSA) is 75.8 Å². The number of hydrogen-bond donors (Lipinski definition) is 1. The molecule has 6 nitrogen and oxygen atoms in total. The zero-order valence-corrected chi connectivity index (χ0v) is 12.3. The molecule has 6 heteroatoms. The Morgan fingerprint density at radius 3 is 2.29 bits per heavy atom. The van der Waals surface area contributed by atoms with Crippen LogP contribution in [0.2, 0.25) is 0 Å². The minimum absolute atomic E-state index is 0.337. The number of nitrogen functional groups attached to an aromatic ring is 1. The Hall–Kier alpha value is -2.63. The molecular formula is C15H18N2O4. The van der Waals surface area contributed by atoms with Gasteiger partial charge < -0.3 is 24.7 Å². The zero-order chi connectivity index (χ0) is 15.2. The molecule has 0 aliphatic heterocycles. The first-order valence-corrected chi connectivity index (χ1v) is 6.47. The summed E-state index contributed by atoms with van der Waals surface area (Å²) in [5, 5.41) is 0. The van der Waals surface area contributed by atoms with Gasteiger partial charge in [-0.1, -0.05) is 6.07 Å². The van der Waals surface area contributed by atoms with Gasteiger partial charge in [-0.15, -0.1) is 0 Å². The lowest BCUT2D eigenvalue weighted by Crippen LogP contribution is -2.01. The number of pyridine rings is 1. The van der Waals surface area contributed by atoms with E-state index >= 15 is 0 Å². The highest BCUT2D eigenvalue weighted by molar-refractivity contribution is 5.54. The van der Waals surface area contributed by atoms with E-state index in [2.05, 4.69) is 4.98 Å². The number of nitrogens with zero attached hydrogens (tertiary/aromatic N) is 1. The largest absolute Gasteiger partial charge is 0.493 e. The van der Waals surface area contributed by atoms with E-state index in [0.717, 1.165) is 0 Å². The van der Waals surface area contributed by atoms with E-state index in [1.54, 1.807) is 38.5 Å². The Bertz CT molecular complexity index is 594. The van der Waals surface area contributed by atoms with Crippen LogP contribution in [0.3, 0.4) is 0 Å². The SMILES string of the molecule is CCOc1nc(Oc2c(OC)cccc2OC)ccc1N. The average molecular weight is 290 g/mol. The second-order valence-electron chi connectivity index (χ2n) is 4.07. The number of aromatic nitrogens is 1. The molecule has 2 N–H and O–H groups in total. The number of ether oxygens (including phenoxy) is 4. The van der Waals surface area contributed by atoms with Crippen LogP contribution in [0.25, 0.3) is 0 Å². The predicted molar refractivity (Wildman–Crippen MR) is 79.4 cm³/mol. The maximum Gasteiger partial charge on any atom is 0.240 e. The van der Waals surface area contributed by atoms with Crippen LogP contribution in [0.4, 0.5) is 5.69 Å². The van der Waals surface area contributed by atoms with E-state index in [1.807, 2.05) is 13.0 Å². The molecule has 1 aromatic carbocycles. The van der Waals surface area contributed by atoms with Crippen LogP contribution in [0.15, 0.2) is 30.3 Å². The summed E-state index contributed by atoms with van der Waals surface area (Å²) in [6.07, 6.45) is 0. The summed E-state index contributed by atoms with van der Waals surface area (Å²) in [6, 6.07) is 8.70. The third-order valence-corrected chi connectivity index (χ3v) is 2.73. The Balaban J connectivity index is 2.36. The lowest BCUT2D eigenvalue weighted by atomic mass is 10.3. The van der Waals surface area contributed by atoms with Gasteiger partial charge in [0.1, 0.15) is 0 Å². The van der Waals surface area contributed by atoms with Gasteiger partial charge in [-0.25, -0.2) is 0 Å². The van der Waals surface area contributed by atoms with Crippen molar-refractivity contribution in [3.63, 3.8) is 0 Å². The lowest BCUT2D eigenvalue weighted by Gasteiger charge is -2.14. The second-order valence-corrected chi connectivity index (χ2v) is 4.07. The molecule has 0 saturated carbocycles. The monoisotopic (exact) mass is 290 g/mol. The summed E-state index contributed by atoms with van der Waals surface area (Å²) in [4.78, 5) is 4.23. The fraction of sp³-hybridized carbons (Fsp3) is 0.267. The maximum absolute atomic E-state index is 5.79. The summed E-state index contributed by atoms with van der Waals surface area (Å²) >= 11 is 0. The van der Waals surface area contributed by atoms with Crippen LogP contribution in [0.1, 0.15) is 6.92 Å². The van der Waals surface area contributed by atoms with Gasteiger partial charge in [-0.2, -0.15) is 4.98 Å². The van der Waals surface area contributed by atoms with Crippen molar-refractivity contribution in [1.82, 2.24) is 4.98 Å². The van der Waals surface area contributed by atoms with Gasteiger partial charge in [0, 0.05) is 6.07 Å². The molecule has 112 valence electrons. The molecule has 0 bridgehead atoms. The molecule has 0 unspecified atom stereocenters. The molecule has 1 heterocycles. The normalized spacial score (nSPS) is 10.0. The first kappa shape index (κ1) is 14.8. The molecular weight excluding hydrogens is 272 g/mol. The van der Waals surface area contributed by atoms with Crippen molar-refractivity contribution < 1.29 is 18.9 Å². The molecule has 0 spiro atoms. The molecule has 2 rings (SSSR count). The summed E-state index contributed by atoms with van der Waals surface area (Å²) in [5.74, 6) is 2.22. The molecule has 0 fully saturated rings. The molecule has 2 aromatic rings. The summed E-state index contributed by atoms with van der Waals surface area (Å²) in [5.41, 5.74) is 6.24. The molecule has 1 aromatic heterocycles. The number of nitrogens with two attached hydrogens (primary N) is 1. The van der Waals surface area contributed by atoms with Crippen molar-refractivity contribution in [2.75, 3.05) is 26.6 Å². The minimum atomic E-state index is 0.337. The van der Waals surface area contributed by atoms with Crippen LogP contribution >= 0.6 is 0 Å². The van der Waals surface area contributed by atoms with Crippen LogP contribution in [0, 0.1) is 0 Å². The summed E-state index contributed by atoms with van der Waals surface area (Å²) in [7, 11) is 3.12. The zero-order valence-electron chi connectivity index (χ0n) is 12.3. The third kappa shape index (κ3) is 3.28. The molecule has 0 radical (unpaired) electrons. The van der Waals surface area contributed by atoms with E-state index in [-0.39, 0.29) is 0 Å². The average Bonchev–Trinajstić information content (AvgIpc) is 2.51. The van der Waals surface area contributed by atoms with Gasteiger partial charge in [0.05, 0.1) is 26.5 Å². The second kappa shape index (κ2) is 6.69. The van der Waals surface area contributed by atoms with Crippen molar-refractivity contribution in [2.45, 2.75) is 6.92 Å². The fourth-order valence-electron chi connectivity index (χ4n) is 1.77. The van der Waals surface area contributed by atoms with E-state index in [0.29, 0.717) is 41.3 Å². The number of benzene rings is 1. The first-order valence-electron chi connectivity index (χ1n) is 6.47. The number of hydrogen-bond acceptors (Lipinski definition) is 6. The van der Waals surface area contributed by atoms with E-state index in [1.165, 1.54) is 0 Å². The van der Waals surface area contributed by atoms with E-state index in [4.69, 9.17) is 24.7 Å². The highest BCUT2D eigenvalue weighted by Gasteiger charge is 2.14. The van der Waals surface area contributed by atoms with Crippen LogP contribution in [-0.4, -0.2) is 25.8 Å². The molecule has 0 aliphatic carbocycles. The number of para-hydroxylation sites is 1. The predicted octanol–water partition coefficient (Wildman–Crippen LogP) is 2.87. The van der Waals surface area contributed by atoms with Gasteiger partial charge in [-0.3, -0.25) is 0 Å². The van der Waals surface area contributed by atoms with Crippen molar-refractivity contribution in [1.29, 1.82) is 0 Å². The lowest BCUT2D eigenvalue weighted by molar-refractivity contribution is 0.316. The molecule has 0 amide bonds. The Morgan fingerprint density at radius 2 is 1.71 bits per heavy atom. The minimum Gasteiger partial charge on any atom is -0.493 e. The number of anilines is 1. The maximum atomic E-state index is 5.79. The van der Waals surface area contributed by atoms with Crippen LogP contribution in [-0.2, 0) is 0 Å². The van der Waals surface area contributed by atoms with Crippen molar-refractivity contribution in [3.8, 4) is 29.0 Å². The van der Waals surface area contributed by atoms with Crippen molar-refractivity contribution in [2.24, 2.45) is 0 Å². The molecule has 0 aliphatic rings. The van der Waals surface area contributed by atoms with E-state index in [9.17, 15) is 0 Å². The molecule has 0 atom stereocenters. The Kier molecular flexibility index (Phi) is 4.71. The Labute approximate surface area is 123 Å². The summed E-state index contributed by atoms with van der Waals surface area (Å²) < 4.78 is 21.7. The van der Waals surface area contributed by atoms with Crippen LogP contribution < -0.4 is 24.7 Å². The number of rotatable bonds is 6. The molecule has 21 heavy (non-hydrogen) atoms. The standard InChI is InChI=1S/C15H18N2O4/c1-4-20-15-10(16)8-9-13(17-15)21-14-11(18-2)6-5-7-12(14)19-3/h5-9H,4,16H2,1-3H3. The van der Waals surface area contributed by atoms with Crippen molar-refractivity contribution >= 4 is 5.69 Å². The number of methoxy groups -OCH3 is 2. The van der Waals surface area contributed by atoms with Gasteiger partial charge in [0.25, 0.3) is 0 Å². The van der Waals surface area contributed by atoms with Gasteiger partial charge >= 0.3 is 0 Å². The fourth-order valence-corrected chi connectivity index (χ4v) is 1.77. The van der Waals surface area contributed by atoms with Crippen LogP contribution in [0.5, 0.6) is 29.0 Å². The highest BCUT2D eigenvalue weighted by Crippen LogP contribution is 2.40. The van der Waals surface area contributed by atoms with Gasteiger partial charge in [0.15, 0.2) is 11.5 Å². The third-order valence-electron chi connectivity index (χ3n) is 2.73. The molecule has 0 saturated heterocycles. The quantitative estimate of drug-likeness (QED) is 0.881. The van der Waals surface area contributed by atoms with Gasteiger partial charge in [-0.05, 0) is 25.1 Å². The first-order chi connectivity index (χ1) is 10.2. The Morgan fingerprint density at radius 1 is 1.05 bits per heavy atom. The highest BCUT2D eigenvalue weighted by atomic mass is 16.5. The summed E-state index contributed by atoms with van der Waals surface area (Å²) in [6.45, 7) is 2.33.